The van der Waals surface area contributed by atoms with E-state index in [1.165, 1.54) is 0 Å². The highest BCUT2D eigenvalue weighted by Gasteiger charge is 1.97. The minimum Gasteiger partial charge on any atom is -0.320 e. The van der Waals surface area contributed by atoms with E-state index in [1.807, 2.05) is 0 Å². The Bertz CT molecular complexity index is 243. The number of hydrogen-bond acceptors (Lipinski definition) is 2. The van der Waals surface area contributed by atoms with Crippen LogP contribution in [0.5, 0.6) is 0 Å². The lowest BCUT2D eigenvalue weighted by Crippen LogP contribution is -1.86. The summed E-state index contributed by atoms with van der Waals surface area (Å²) in [6, 6.07) is 1.78. The van der Waals surface area contributed by atoms with Gasteiger partial charge in [-0.2, -0.15) is 0 Å². The Kier molecular flexibility index (Phi) is 3.19. The number of halogens is 3. The maximum atomic E-state index is 5.61. The van der Waals surface area contributed by atoms with Crippen LogP contribution < -0.4 is 4.34 Å². The molecule has 0 amide bonds. The third-order valence-electron chi connectivity index (χ3n) is 0.922. The summed E-state index contributed by atoms with van der Waals surface area (Å²) in [6.45, 7) is 0. The van der Waals surface area contributed by atoms with E-state index in [1.54, 1.807) is 12.3 Å². The van der Waals surface area contributed by atoms with Gasteiger partial charge >= 0.3 is 0 Å². The van der Waals surface area contributed by atoms with Crippen LogP contribution in [0.4, 0.5) is 5.69 Å². The molecule has 0 radical (unpaired) electrons. The summed E-state index contributed by atoms with van der Waals surface area (Å²) in [5.74, 6) is 0. The van der Waals surface area contributed by atoms with Crippen LogP contribution in [0, 0.1) is 3.57 Å². The molecule has 1 heterocycles. The van der Waals surface area contributed by atoms with Gasteiger partial charge in [0, 0.05) is 19.7 Å². The second-order valence-electron chi connectivity index (χ2n) is 1.58. The van der Waals surface area contributed by atoms with E-state index >= 15 is 0 Å². The lowest BCUT2D eigenvalue weighted by Gasteiger charge is -1.99. The van der Waals surface area contributed by atoms with Crippen molar-refractivity contribution in [2.45, 2.75) is 0 Å². The summed E-state index contributed by atoms with van der Waals surface area (Å²) in [4.78, 5) is 3.88. The summed E-state index contributed by atoms with van der Waals surface area (Å²) < 4.78 is 3.84. The summed E-state index contributed by atoms with van der Waals surface area (Å²) in [5, 5.41) is 0.510. The molecular weight excluding hydrogens is 330 g/mol. The molecule has 0 aliphatic carbocycles. The maximum Gasteiger partial charge on any atom is 0.130 e. The largest absolute Gasteiger partial charge is 0.320 e. The molecule has 0 saturated carbocycles. The average molecular weight is 333 g/mol. The van der Waals surface area contributed by atoms with Gasteiger partial charge in [-0.25, -0.2) is 4.98 Å². The smallest absolute Gasteiger partial charge is 0.130 e. The molecule has 1 aromatic heterocycles. The maximum absolute atomic E-state index is 5.61. The van der Waals surface area contributed by atoms with Gasteiger partial charge in [-0.15, -0.1) is 0 Å². The van der Waals surface area contributed by atoms with Gasteiger partial charge in [0.1, 0.15) is 5.15 Å². The van der Waals surface area contributed by atoms with Gasteiger partial charge < -0.3 is 4.34 Å². The molecule has 1 rings (SSSR count). The van der Waals surface area contributed by atoms with E-state index < -0.39 is 0 Å². The molecule has 0 unspecified atom stereocenters. The Hall–Kier alpha value is 0.450. The highest BCUT2D eigenvalue weighted by atomic mass is 127. The molecule has 0 atom stereocenters. The fourth-order valence-corrected chi connectivity index (χ4v) is 2.07. The molecule has 1 N–H and O–H groups in total. The minimum atomic E-state index is 0.510. The van der Waals surface area contributed by atoms with Crippen LogP contribution in [0.2, 0.25) is 5.15 Å². The van der Waals surface area contributed by atoms with Crippen molar-refractivity contribution in [3.05, 3.63) is 21.0 Å². The highest BCUT2D eigenvalue weighted by molar-refractivity contribution is 14.1. The number of nitrogens with one attached hydrogen (secondary N) is 1. The summed E-state index contributed by atoms with van der Waals surface area (Å²) in [6.07, 6.45) is 1.67. The van der Waals surface area contributed by atoms with Gasteiger partial charge in [-0.1, -0.05) is 11.6 Å². The van der Waals surface area contributed by atoms with Crippen LogP contribution in [0.25, 0.3) is 0 Å². The first kappa shape index (κ1) is 8.55. The zero-order chi connectivity index (χ0) is 7.56. The van der Waals surface area contributed by atoms with E-state index in [2.05, 4.69) is 48.1 Å². The normalized spacial score (nSPS) is 9.50. The van der Waals surface area contributed by atoms with E-state index in [-0.39, 0.29) is 0 Å². The molecule has 0 saturated heterocycles. The van der Waals surface area contributed by atoms with Gasteiger partial charge in [0.05, 0.1) is 11.9 Å². The first-order valence-electron chi connectivity index (χ1n) is 2.41. The molecule has 1 aromatic rings. The summed E-state index contributed by atoms with van der Waals surface area (Å²) >= 11 is 10.9. The number of aromatic nitrogens is 1. The van der Waals surface area contributed by atoms with Crippen LogP contribution in [0.15, 0.2) is 12.3 Å². The second-order valence-corrected chi connectivity index (χ2v) is 3.53. The standard InChI is InChI=1S/C5H3BrClIN2/c6-10-4-2-9-5(7)1-3(4)8/h1-2,10H. The van der Waals surface area contributed by atoms with Crippen molar-refractivity contribution in [3.63, 3.8) is 0 Å². The van der Waals surface area contributed by atoms with Gasteiger partial charge in [-0.05, 0) is 28.7 Å². The molecule has 54 valence electrons. The molecule has 2 nitrogen and oxygen atoms in total. The third-order valence-corrected chi connectivity index (χ3v) is 2.45. The van der Waals surface area contributed by atoms with Crippen molar-refractivity contribution in [1.29, 1.82) is 0 Å². The van der Waals surface area contributed by atoms with E-state index in [0.717, 1.165) is 9.26 Å². The quantitative estimate of drug-likeness (QED) is 0.485. The van der Waals surface area contributed by atoms with Crippen molar-refractivity contribution in [3.8, 4) is 0 Å². The average Bonchev–Trinajstić information content (AvgIpc) is 1.88. The van der Waals surface area contributed by atoms with Gasteiger partial charge in [0.25, 0.3) is 0 Å². The van der Waals surface area contributed by atoms with E-state index in [9.17, 15) is 0 Å². The fourth-order valence-electron chi connectivity index (χ4n) is 0.477. The molecule has 0 aliphatic heterocycles. The summed E-state index contributed by atoms with van der Waals surface area (Å²) in [5.41, 5.74) is 0.921. The summed E-state index contributed by atoms with van der Waals surface area (Å²) in [7, 11) is 0. The molecule has 0 aromatic carbocycles. The predicted molar refractivity (Wildman–Crippen MR) is 54.5 cm³/mol. The molecule has 0 bridgehead atoms. The Morgan fingerprint density at radius 2 is 2.40 bits per heavy atom. The number of hydrogen-bond donors (Lipinski definition) is 1. The van der Waals surface area contributed by atoms with Crippen LogP contribution >= 0.6 is 50.3 Å². The number of anilines is 1. The monoisotopic (exact) mass is 332 g/mol. The van der Waals surface area contributed by atoms with Crippen LogP contribution in [-0.4, -0.2) is 4.98 Å². The van der Waals surface area contributed by atoms with Crippen LogP contribution in [0.1, 0.15) is 0 Å². The zero-order valence-corrected chi connectivity index (χ0v) is 9.24. The van der Waals surface area contributed by atoms with E-state index in [0.29, 0.717) is 5.15 Å². The fraction of sp³-hybridized carbons (Fsp3) is 0. The molecule has 10 heavy (non-hydrogen) atoms. The van der Waals surface area contributed by atoms with Crippen LogP contribution in [0.3, 0.4) is 0 Å². The zero-order valence-electron chi connectivity index (χ0n) is 4.74. The molecule has 0 fully saturated rings. The number of rotatable bonds is 1. The van der Waals surface area contributed by atoms with Crippen LogP contribution in [-0.2, 0) is 0 Å². The van der Waals surface area contributed by atoms with Crippen molar-refractivity contribution < 1.29 is 0 Å². The number of pyridine rings is 1. The van der Waals surface area contributed by atoms with Crippen molar-refractivity contribution in [2.24, 2.45) is 0 Å². The predicted octanol–water partition coefficient (Wildman–Crippen LogP) is 3.06. The first-order valence-corrected chi connectivity index (χ1v) is 4.66. The molecular formula is C5H3BrClIN2. The lowest BCUT2D eigenvalue weighted by molar-refractivity contribution is 1.32. The van der Waals surface area contributed by atoms with Gasteiger partial charge in [-0.3, -0.25) is 0 Å². The lowest BCUT2D eigenvalue weighted by atomic mass is 10.4. The van der Waals surface area contributed by atoms with E-state index in [4.69, 9.17) is 11.6 Å². The minimum absolute atomic E-state index is 0.510. The first-order chi connectivity index (χ1) is 4.74. The Morgan fingerprint density at radius 3 is 2.90 bits per heavy atom. The van der Waals surface area contributed by atoms with Crippen molar-refractivity contribution in [1.82, 2.24) is 4.98 Å². The Balaban J connectivity index is 3.07. The Morgan fingerprint density at radius 1 is 1.70 bits per heavy atom. The second kappa shape index (κ2) is 3.73. The van der Waals surface area contributed by atoms with Gasteiger partial charge in [0.2, 0.25) is 0 Å². The number of nitrogens with zero attached hydrogens (tertiary/aromatic N) is 1. The SMILES string of the molecule is Clc1cc(I)c(NBr)cn1. The topological polar surface area (TPSA) is 24.9 Å². The highest BCUT2D eigenvalue weighted by Crippen LogP contribution is 2.20. The van der Waals surface area contributed by atoms with Crippen molar-refractivity contribution >= 4 is 56.0 Å². The molecule has 0 spiro atoms. The third kappa shape index (κ3) is 1.96. The Labute approximate surface area is 85.8 Å². The molecule has 0 aliphatic rings. The van der Waals surface area contributed by atoms with Crippen molar-refractivity contribution in [2.75, 3.05) is 4.34 Å². The van der Waals surface area contributed by atoms with Gasteiger partial charge in [0.15, 0.2) is 0 Å². The molecule has 5 heteroatoms.